The largest absolute Gasteiger partial charge is 0.456 e. The Labute approximate surface area is 309 Å². The molecule has 9 aromatic rings. The number of furan rings is 1. The second-order valence-electron chi connectivity index (χ2n) is 9.57. The standard InChI is InChI=1S/C43H27N3O/c1-3-11-32(12-4-1)41-44-42(33-13-5-2-6-14-33)46-43(45-41)34-24-20-29(21-25-34)28-18-22-31(23-19-28)36-16-9-17-37-39(36)40-35-15-8-7-10-30(35)26-27-38(40)47-37/h1-27H/i1D,2D,3D,4D,5D,6D,7D,8D,9D,10D,11D,12D,13D,14D,15D,16D,17D,18D,19D,20D,21D,22D,23D,24D,25D,26D,27D. The summed E-state index contributed by atoms with van der Waals surface area (Å²) in [6, 6.07) is -24.0. The summed E-state index contributed by atoms with van der Waals surface area (Å²) in [5.41, 5.74) is -6.43. The van der Waals surface area contributed by atoms with Gasteiger partial charge in [0.15, 0.2) is 17.5 Å². The van der Waals surface area contributed by atoms with E-state index in [0.717, 1.165) is 0 Å². The summed E-state index contributed by atoms with van der Waals surface area (Å²) in [4.78, 5) is 12.5. The van der Waals surface area contributed by atoms with E-state index in [-0.39, 0.29) is 5.39 Å². The summed E-state index contributed by atoms with van der Waals surface area (Å²) < 4.78 is 241. The Bertz CT molecular complexity index is 3910. The van der Waals surface area contributed by atoms with Crippen molar-refractivity contribution >= 4 is 32.7 Å². The smallest absolute Gasteiger partial charge is 0.164 e. The SMILES string of the molecule is [2H]c1c([2H])c([2H])c(-c2nc(-c3c([2H])c([2H])c([2H])c([2H])c3[2H])nc(-c3c([2H])c([2H])c(-c4c([2H])c([2H])c(-c5c([2H])c([2H])c([2H])c6oc7c([2H])c([2H])c8c([2H])c([2H])c([2H])c([2H])c8c7c56)c([2H])c4[2H])c([2H])c3[2H])n2)c([2H])c1[2H]. The number of hydrogen-bond acceptors (Lipinski definition) is 4. The number of hydrogen-bond donors (Lipinski definition) is 0. The zero-order valence-electron chi connectivity index (χ0n) is 50.2. The molecule has 0 radical (unpaired) electrons. The van der Waals surface area contributed by atoms with E-state index < -0.39 is 247 Å². The molecule has 0 saturated carbocycles. The van der Waals surface area contributed by atoms with Crippen molar-refractivity contribution in [1.29, 1.82) is 0 Å². The molecule has 0 unspecified atom stereocenters. The van der Waals surface area contributed by atoms with E-state index in [0.29, 0.717) is 0 Å². The molecule has 0 amide bonds. The Morgan fingerprint density at radius 1 is 0.362 bits per heavy atom. The van der Waals surface area contributed by atoms with E-state index in [2.05, 4.69) is 15.0 Å². The van der Waals surface area contributed by atoms with Crippen LogP contribution in [0.3, 0.4) is 0 Å². The highest BCUT2D eigenvalue weighted by atomic mass is 16.3. The number of benzene rings is 7. The molecule has 4 heteroatoms. The first-order valence-electron chi connectivity index (χ1n) is 27.0. The second-order valence-corrected chi connectivity index (χ2v) is 9.57. The van der Waals surface area contributed by atoms with Crippen molar-refractivity contribution in [3.05, 3.63) is 163 Å². The maximum absolute atomic E-state index is 9.30. The van der Waals surface area contributed by atoms with Gasteiger partial charge in [-0.05, 0) is 45.1 Å². The van der Waals surface area contributed by atoms with Crippen LogP contribution in [-0.2, 0) is 0 Å². The Kier molecular flexibility index (Phi) is 2.66. The normalized spacial score (nSPS) is 19.4. The van der Waals surface area contributed by atoms with Crippen LogP contribution in [0.5, 0.6) is 0 Å². The van der Waals surface area contributed by atoms with Crippen LogP contribution >= 0.6 is 0 Å². The van der Waals surface area contributed by atoms with E-state index in [4.69, 9.17) is 30.5 Å². The molecule has 9 rings (SSSR count). The summed E-state index contributed by atoms with van der Waals surface area (Å²) >= 11 is 0. The molecular weight excluding hydrogens is 574 g/mol. The van der Waals surface area contributed by atoms with Crippen molar-refractivity contribution < 1.29 is 41.4 Å². The molecule has 2 heterocycles. The molecule has 220 valence electrons. The first kappa shape index (κ1) is 11.1. The van der Waals surface area contributed by atoms with Gasteiger partial charge in [-0.25, -0.2) is 15.0 Å². The Balaban J connectivity index is 1.34. The fourth-order valence-electron chi connectivity index (χ4n) is 4.74. The highest BCUT2D eigenvalue weighted by Crippen LogP contribution is 2.40. The average molecular weight is 629 g/mol. The fraction of sp³-hybridized carbons (Fsp3) is 0. The lowest BCUT2D eigenvalue weighted by molar-refractivity contribution is 0.669. The lowest BCUT2D eigenvalue weighted by atomic mass is 9.95. The predicted octanol–water partition coefficient (Wildman–Crippen LogP) is 11.3. The van der Waals surface area contributed by atoms with Crippen LogP contribution in [-0.4, -0.2) is 15.0 Å². The van der Waals surface area contributed by atoms with E-state index in [1.807, 2.05) is 0 Å². The first-order chi connectivity index (χ1) is 34.5. The number of nitrogens with zero attached hydrogens (tertiary/aromatic N) is 3. The van der Waals surface area contributed by atoms with Gasteiger partial charge in [0, 0.05) is 27.5 Å². The van der Waals surface area contributed by atoms with Gasteiger partial charge in [0.2, 0.25) is 0 Å². The van der Waals surface area contributed by atoms with Crippen molar-refractivity contribution in [3.63, 3.8) is 0 Å². The maximum Gasteiger partial charge on any atom is 0.164 e. The van der Waals surface area contributed by atoms with Gasteiger partial charge in [0.25, 0.3) is 0 Å². The molecule has 0 fully saturated rings. The van der Waals surface area contributed by atoms with Crippen molar-refractivity contribution in [1.82, 2.24) is 15.0 Å². The molecule has 0 aliphatic heterocycles. The monoisotopic (exact) mass is 628 g/mol. The summed E-state index contributed by atoms with van der Waals surface area (Å²) in [6.45, 7) is 0. The minimum absolute atomic E-state index is 0.376. The van der Waals surface area contributed by atoms with Crippen LogP contribution in [0.2, 0.25) is 0 Å². The topological polar surface area (TPSA) is 51.8 Å². The molecule has 2 aromatic heterocycles. The third-order valence-electron chi connectivity index (χ3n) is 6.82. The van der Waals surface area contributed by atoms with E-state index in [9.17, 15) is 11.0 Å². The molecule has 0 atom stereocenters. The number of rotatable bonds is 5. The molecule has 0 aliphatic rings. The molecule has 4 nitrogen and oxygen atoms in total. The van der Waals surface area contributed by atoms with Crippen LogP contribution in [0.15, 0.2) is 168 Å². The van der Waals surface area contributed by atoms with Crippen LogP contribution in [0, 0.1) is 0 Å². The zero-order chi connectivity index (χ0) is 54.7. The Hall–Kier alpha value is -6.39. The van der Waals surface area contributed by atoms with Crippen molar-refractivity contribution in [2.75, 3.05) is 0 Å². The molecule has 47 heavy (non-hydrogen) atoms. The summed E-state index contributed by atoms with van der Waals surface area (Å²) in [5.74, 6) is -2.43. The third kappa shape index (κ3) is 4.84. The van der Waals surface area contributed by atoms with E-state index in [1.54, 1.807) is 0 Å². The number of aromatic nitrogens is 3. The van der Waals surface area contributed by atoms with Crippen LogP contribution in [0.4, 0.5) is 0 Å². The van der Waals surface area contributed by atoms with Gasteiger partial charge in [0.05, 0.1) is 37.0 Å². The first-order valence-corrected chi connectivity index (χ1v) is 13.5. The fourth-order valence-corrected chi connectivity index (χ4v) is 4.74. The Morgan fingerprint density at radius 3 is 1.47 bits per heavy atom. The molecule has 0 N–H and O–H groups in total. The van der Waals surface area contributed by atoms with Crippen molar-refractivity contribution in [2.45, 2.75) is 0 Å². The summed E-state index contributed by atoms with van der Waals surface area (Å²) in [5, 5.41) is -1.71. The quantitative estimate of drug-likeness (QED) is 0.190. The minimum Gasteiger partial charge on any atom is -0.456 e. The lowest BCUT2D eigenvalue weighted by Crippen LogP contribution is -2.00. The molecule has 0 bridgehead atoms. The van der Waals surface area contributed by atoms with Crippen molar-refractivity contribution in [3.8, 4) is 56.4 Å². The predicted molar refractivity (Wildman–Crippen MR) is 192 cm³/mol. The molecule has 0 saturated heterocycles. The molecule has 0 spiro atoms. The van der Waals surface area contributed by atoms with Gasteiger partial charge >= 0.3 is 0 Å². The zero-order valence-corrected chi connectivity index (χ0v) is 23.2. The average Bonchev–Trinajstić information content (AvgIpc) is 3.76. The van der Waals surface area contributed by atoms with Gasteiger partial charge in [-0.15, -0.1) is 0 Å². The van der Waals surface area contributed by atoms with Gasteiger partial charge in [-0.3, -0.25) is 0 Å². The number of fused-ring (bicyclic) bond motifs is 5. The summed E-state index contributed by atoms with van der Waals surface area (Å²) in [7, 11) is 0. The van der Waals surface area contributed by atoms with Gasteiger partial charge < -0.3 is 4.42 Å². The van der Waals surface area contributed by atoms with Crippen LogP contribution in [0.1, 0.15) is 37.0 Å². The van der Waals surface area contributed by atoms with Crippen LogP contribution < -0.4 is 0 Å². The summed E-state index contributed by atoms with van der Waals surface area (Å²) in [6.07, 6.45) is 0. The van der Waals surface area contributed by atoms with E-state index in [1.165, 1.54) is 0 Å². The Morgan fingerprint density at radius 2 is 0.851 bits per heavy atom. The highest BCUT2D eigenvalue weighted by molar-refractivity contribution is 6.22. The van der Waals surface area contributed by atoms with E-state index >= 15 is 0 Å². The van der Waals surface area contributed by atoms with Crippen molar-refractivity contribution in [2.24, 2.45) is 0 Å². The molecular formula is C43H27N3O. The van der Waals surface area contributed by atoms with Crippen LogP contribution in [0.25, 0.3) is 89.1 Å². The maximum atomic E-state index is 9.30. The molecule has 7 aromatic carbocycles. The third-order valence-corrected chi connectivity index (χ3v) is 6.82. The second kappa shape index (κ2) is 11.2. The highest BCUT2D eigenvalue weighted by Gasteiger charge is 2.16. The molecule has 0 aliphatic carbocycles. The lowest BCUT2D eigenvalue weighted by Gasteiger charge is -2.10. The van der Waals surface area contributed by atoms with Gasteiger partial charge in [-0.1, -0.05) is 151 Å². The van der Waals surface area contributed by atoms with Gasteiger partial charge in [-0.2, -0.15) is 0 Å². The van der Waals surface area contributed by atoms with Gasteiger partial charge in [0.1, 0.15) is 11.2 Å². The minimum atomic E-state index is -1.06.